The zero-order valence-electron chi connectivity index (χ0n) is 14.7. The number of hydrogen-bond donors (Lipinski definition) is 0. The third kappa shape index (κ3) is 3.49. The lowest BCUT2D eigenvalue weighted by atomic mass is 9.87. The minimum absolute atomic E-state index is 0.0252. The van der Waals surface area contributed by atoms with E-state index in [0.717, 1.165) is 29.8 Å². The average molecular weight is 318 g/mol. The van der Waals surface area contributed by atoms with Crippen LogP contribution < -0.4 is 0 Å². The van der Waals surface area contributed by atoms with E-state index in [-0.39, 0.29) is 11.3 Å². The Hall–Kier alpha value is -2.60. The van der Waals surface area contributed by atoms with E-state index in [2.05, 4.69) is 30.7 Å². The van der Waals surface area contributed by atoms with Crippen LogP contribution in [0.5, 0.6) is 0 Å². The molecule has 0 radical (unpaired) electrons. The number of benzene rings is 1. The first-order chi connectivity index (χ1) is 11.3. The van der Waals surface area contributed by atoms with Crippen molar-refractivity contribution in [1.82, 2.24) is 9.88 Å². The number of aromatic nitrogens is 1. The lowest BCUT2D eigenvalue weighted by molar-refractivity contribution is 0.0754. The molecule has 0 spiro atoms. The third-order valence-corrected chi connectivity index (χ3v) is 4.23. The van der Waals surface area contributed by atoms with Crippen molar-refractivity contribution in [3.8, 4) is 11.8 Å². The molecule has 122 valence electrons. The number of carbonyl (C=O) groups is 1. The predicted molar refractivity (Wildman–Crippen MR) is 95.8 cm³/mol. The highest BCUT2D eigenvalue weighted by Crippen LogP contribution is 2.28. The monoisotopic (exact) mass is 318 g/mol. The van der Waals surface area contributed by atoms with Gasteiger partial charge in [-0.15, -0.1) is 0 Å². The number of fused-ring (bicyclic) bond motifs is 1. The maximum atomic E-state index is 12.6. The van der Waals surface area contributed by atoms with E-state index in [0.29, 0.717) is 5.56 Å². The number of hydrogen-bond acceptors (Lipinski definition) is 2. The molecule has 1 aliphatic heterocycles. The first-order valence-corrected chi connectivity index (χ1v) is 8.17. The highest BCUT2D eigenvalue weighted by Gasteiger charge is 2.31. The lowest BCUT2D eigenvalue weighted by Gasteiger charge is -2.26. The molecule has 1 aliphatic rings. The van der Waals surface area contributed by atoms with Crippen molar-refractivity contribution >= 4 is 5.91 Å². The van der Waals surface area contributed by atoms with Gasteiger partial charge in [-0.25, -0.2) is 0 Å². The van der Waals surface area contributed by atoms with Crippen LogP contribution in [-0.2, 0) is 6.42 Å². The Morgan fingerprint density at radius 2 is 1.92 bits per heavy atom. The maximum Gasteiger partial charge on any atom is 0.255 e. The maximum absolute atomic E-state index is 12.6. The average Bonchev–Trinajstić information content (AvgIpc) is 2.60. The molecule has 0 saturated heterocycles. The quantitative estimate of drug-likeness (QED) is 0.697. The molecule has 0 atom stereocenters. The molecular weight excluding hydrogens is 296 g/mol. The van der Waals surface area contributed by atoms with E-state index in [1.807, 2.05) is 44.3 Å². The minimum atomic E-state index is 0.0252. The smallest absolute Gasteiger partial charge is 0.255 e. The second kappa shape index (κ2) is 6.13. The van der Waals surface area contributed by atoms with Gasteiger partial charge in [0, 0.05) is 30.9 Å². The van der Waals surface area contributed by atoms with Crippen LogP contribution >= 0.6 is 0 Å². The normalized spacial score (nSPS) is 16.0. The van der Waals surface area contributed by atoms with Crippen LogP contribution in [-0.4, -0.2) is 29.4 Å². The molecule has 3 heteroatoms. The fraction of sp³-hybridized carbons (Fsp3) is 0.333. The van der Waals surface area contributed by atoms with Gasteiger partial charge in [-0.2, -0.15) is 0 Å². The van der Waals surface area contributed by atoms with Gasteiger partial charge in [0.15, 0.2) is 0 Å². The van der Waals surface area contributed by atoms with Gasteiger partial charge in [0.2, 0.25) is 0 Å². The number of aryl methyl sites for hydroxylation is 1. The highest BCUT2D eigenvalue weighted by molar-refractivity contribution is 5.96. The van der Waals surface area contributed by atoms with Gasteiger partial charge in [-0.3, -0.25) is 9.78 Å². The Bertz CT molecular complexity index is 856. The molecule has 3 nitrogen and oxygen atoms in total. The number of nitrogens with zero attached hydrogens (tertiary/aromatic N) is 2. The van der Waals surface area contributed by atoms with Gasteiger partial charge in [0.1, 0.15) is 0 Å². The molecule has 2 heterocycles. The van der Waals surface area contributed by atoms with Crippen molar-refractivity contribution in [3.05, 3.63) is 64.5 Å². The summed E-state index contributed by atoms with van der Waals surface area (Å²) in [5.41, 5.74) is 4.50. The number of carbonyl (C=O) groups excluding carboxylic acids is 1. The Kier molecular flexibility index (Phi) is 4.15. The molecule has 24 heavy (non-hydrogen) atoms. The first-order valence-electron chi connectivity index (χ1n) is 8.17. The number of pyridine rings is 1. The van der Waals surface area contributed by atoms with Crippen LogP contribution in [0, 0.1) is 24.2 Å². The molecule has 0 bridgehead atoms. The van der Waals surface area contributed by atoms with E-state index in [1.165, 1.54) is 5.56 Å². The molecule has 0 saturated carbocycles. The Labute approximate surface area is 143 Å². The minimum Gasteiger partial charge on any atom is -0.341 e. The summed E-state index contributed by atoms with van der Waals surface area (Å²) in [6.07, 6.45) is 2.57. The van der Waals surface area contributed by atoms with Crippen molar-refractivity contribution in [3.63, 3.8) is 0 Å². The summed E-state index contributed by atoms with van der Waals surface area (Å²) in [5, 5.41) is 0. The summed E-state index contributed by atoms with van der Waals surface area (Å²) in [4.78, 5) is 19.0. The fourth-order valence-corrected chi connectivity index (χ4v) is 3.18. The van der Waals surface area contributed by atoms with Crippen LogP contribution in [0.3, 0.4) is 0 Å². The summed E-state index contributed by atoms with van der Waals surface area (Å²) in [6.45, 7) is 7.11. The Morgan fingerprint density at radius 1 is 1.17 bits per heavy atom. The zero-order chi connectivity index (χ0) is 17.3. The van der Waals surface area contributed by atoms with E-state index in [9.17, 15) is 4.79 Å². The molecule has 2 aromatic rings. The lowest BCUT2D eigenvalue weighted by Crippen LogP contribution is -2.33. The summed E-state index contributed by atoms with van der Waals surface area (Å²) < 4.78 is 0. The van der Waals surface area contributed by atoms with Gasteiger partial charge < -0.3 is 4.90 Å². The van der Waals surface area contributed by atoms with Crippen molar-refractivity contribution in [2.45, 2.75) is 27.2 Å². The highest BCUT2D eigenvalue weighted by atomic mass is 16.2. The largest absolute Gasteiger partial charge is 0.341 e. The van der Waals surface area contributed by atoms with Gasteiger partial charge >= 0.3 is 0 Å². The van der Waals surface area contributed by atoms with E-state index in [1.54, 1.807) is 11.1 Å². The Balaban J connectivity index is 1.97. The molecule has 1 amide bonds. The van der Waals surface area contributed by atoms with Crippen molar-refractivity contribution < 1.29 is 4.79 Å². The van der Waals surface area contributed by atoms with Crippen LogP contribution in [0.25, 0.3) is 0 Å². The summed E-state index contributed by atoms with van der Waals surface area (Å²) in [6, 6.07) is 9.95. The number of rotatable bonds is 0. The molecule has 0 N–H and O–H groups in total. The Morgan fingerprint density at radius 3 is 2.67 bits per heavy atom. The van der Waals surface area contributed by atoms with Crippen LogP contribution in [0.1, 0.15) is 46.6 Å². The van der Waals surface area contributed by atoms with Gasteiger partial charge in [0.05, 0.1) is 11.3 Å². The standard InChI is InChI=1S/C21H22N2O/c1-15-6-5-7-16(10-15)8-9-17-11-18-19(22-13-17)12-21(2,3)14-23(4)20(18)24/h5-7,10-11,13H,12,14H2,1-4H3. The van der Waals surface area contributed by atoms with Crippen molar-refractivity contribution in [2.75, 3.05) is 13.6 Å². The van der Waals surface area contributed by atoms with Crippen LogP contribution in [0.4, 0.5) is 0 Å². The fourth-order valence-electron chi connectivity index (χ4n) is 3.18. The summed E-state index contributed by atoms with van der Waals surface area (Å²) >= 11 is 0. The third-order valence-electron chi connectivity index (χ3n) is 4.23. The van der Waals surface area contributed by atoms with Gasteiger partial charge in [-0.05, 0) is 42.5 Å². The molecule has 0 aliphatic carbocycles. The summed E-state index contributed by atoms with van der Waals surface area (Å²) in [7, 11) is 1.85. The molecule has 3 rings (SSSR count). The van der Waals surface area contributed by atoms with Crippen molar-refractivity contribution in [1.29, 1.82) is 0 Å². The first kappa shape index (κ1) is 16.3. The topological polar surface area (TPSA) is 33.2 Å². The second-order valence-corrected chi connectivity index (χ2v) is 7.34. The molecular formula is C21H22N2O. The zero-order valence-corrected chi connectivity index (χ0v) is 14.7. The van der Waals surface area contributed by atoms with Crippen LogP contribution in [0.15, 0.2) is 36.5 Å². The predicted octanol–water partition coefficient (Wildman–Crippen LogP) is 3.44. The number of amides is 1. The van der Waals surface area contributed by atoms with E-state index in [4.69, 9.17) is 0 Å². The molecule has 0 unspecified atom stereocenters. The molecule has 1 aromatic carbocycles. The van der Waals surface area contributed by atoms with E-state index >= 15 is 0 Å². The van der Waals surface area contributed by atoms with Gasteiger partial charge in [-0.1, -0.05) is 37.8 Å². The molecule has 1 aromatic heterocycles. The van der Waals surface area contributed by atoms with Gasteiger partial charge in [0.25, 0.3) is 5.91 Å². The van der Waals surface area contributed by atoms with Crippen LogP contribution in [0.2, 0.25) is 0 Å². The second-order valence-electron chi connectivity index (χ2n) is 7.34. The van der Waals surface area contributed by atoms with E-state index < -0.39 is 0 Å². The molecule has 0 fully saturated rings. The summed E-state index contributed by atoms with van der Waals surface area (Å²) in [5.74, 6) is 6.31. The SMILES string of the molecule is Cc1cccc(C#Cc2cnc3c(c2)C(=O)N(C)CC(C)(C)C3)c1. The van der Waals surface area contributed by atoms with Crippen molar-refractivity contribution in [2.24, 2.45) is 5.41 Å².